The van der Waals surface area contributed by atoms with Gasteiger partial charge < -0.3 is 4.43 Å². The van der Waals surface area contributed by atoms with Gasteiger partial charge in [-0.05, 0) is 37.9 Å². The molecule has 0 bridgehead atoms. The average Bonchev–Trinajstić information content (AvgIpc) is 2.02. The maximum Gasteiger partial charge on any atom is 0.191 e. The third-order valence-electron chi connectivity index (χ3n) is 3.02. The Balaban J connectivity index is 3.77. The standard InChI is InChI=1S/C12H26OSi/c1-7-8-9-10-11-13-14(5,6)12(2,3)4/h7-8H,9-11H2,1-6H3/b8-7-. The lowest BCUT2D eigenvalue weighted by atomic mass is 10.2. The van der Waals surface area contributed by atoms with Crippen LogP contribution in [0.15, 0.2) is 12.2 Å². The van der Waals surface area contributed by atoms with E-state index in [1.165, 1.54) is 0 Å². The number of rotatable bonds is 5. The fourth-order valence-electron chi connectivity index (χ4n) is 0.912. The minimum absolute atomic E-state index is 0.341. The van der Waals surface area contributed by atoms with E-state index in [2.05, 4.69) is 52.9 Å². The van der Waals surface area contributed by atoms with Crippen LogP contribution in [0.25, 0.3) is 0 Å². The van der Waals surface area contributed by atoms with Crippen molar-refractivity contribution >= 4 is 8.32 Å². The van der Waals surface area contributed by atoms with Gasteiger partial charge in [0.05, 0.1) is 0 Å². The fourth-order valence-corrected chi connectivity index (χ4v) is 2.00. The van der Waals surface area contributed by atoms with Crippen LogP contribution in [-0.4, -0.2) is 14.9 Å². The number of allylic oxidation sites excluding steroid dienone is 2. The van der Waals surface area contributed by atoms with E-state index in [0.29, 0.717) is 5.04 Å². The highest BCUT2D eigenvalue weighted by Crippen LogP contribution is 2.36. The maximum atomic E-state index is 6.05. The number of unbranched alkanes of at least 4 members (excludes halogenated alkanes) is 1. The predicted octanol–water partition coefficient (Wildman–Crippen LogP) is 4.36. The minimum Gasteiger partial charge on any atom is -0.417 e. The molecule has 0 aromatic rings. The average molecular weight is 214 g/mol. The van der Waals surface area contributed by atoms with Gasteiger partial charge in [-0.15, -0.1) is 0 Å². The summed E-state index contributed by atoms with van der Waals surface area (Å²) in [7, 11) is -1.49. The van der Waals surface area contributed by atoms with Gasteiger partial charge in [0.1, 0.15) is 0 Å². The molecule has 0 radical (unpaired) electrons. The van der Waals surface area contributed by atoms with E-state index in [0.717, 1.165) is 19.4 Å². The van der Waals surface area contributed by atoms with Crippen molar-refractivity contribution in [2.75, 3.05) is 6.61 Å². The lowest BCUT2D eigenvalue weighted by Crippen LogP contribution is -2.40. The zero-order chi connectivity index (χ0) is 11.2. The van der Waals surface area contributed by atoms with Crippen LogP contribution in [0.5, 0.6) is 0 Å². The highest BCUT2D eigenvalue weighted by molar-refractivity contribution is 6.74. The molecule has 0 saturated heterocycles. The van der Waals surface area contributed by atoms with Crippen LogP contribution in [0.2, 0.25) is 18.1 Å². The van der Waals surface area contributed by atoms with Gasteiger partial charge in [0.2, 0.25) is 0 Å². The number of hydrogen-bond donors (Lipinski definition) is 0. The zero-order valence-electron chi connectivity index (χ0n) is 10.7. The molecular formula is C12H26OSi. The summed E-state index contributed by atoms with van der Waals surface area (Å²) in [6.07, 6.45) is 6.60. The lowest BCUT2D eigenvalue weighted by Gasteiger charge is -2.36. The second-order valence-electron chi connectivity index (χ2n) is 5.32. The lowest BCUT2D eigenvalue weighted by molar-refractivity contribution is 0.283. The van der Waals surface area contributed by atoms with Gasteiger partial charge >= 0.3 is 0 Å². The molecular weight excluding hydrogens is 188 g/mol. The van der Waals surface area contributed by atoms with Crippen LogP contribution in [0.4, 0.5) is 0 Å². The van der Waals surface area contributed by atoms with Gasteiger partial charge in [-0.1, -0.05) is 32.9 Å². The van der Waals surface area contributed by atoms with E-state index < -0.39 is 8.32 Å². The molecule has 2 heteroatoms. The van der Waals surface area contributed by atoms with Crippen molar-refractivity contribution in [3.8, 4) is 0 Å². The largest absolute Gasteiger partial charge is 0.417 e. The topological polar surface area (TPSA) is 9.23 Å². The molecule has 0 N–H and O–H groups in total. The first kappa shape index (κ1) is 13.9. The third-order valence-corrected chi connectivity index (χ3v) is 7.56. The highest BCUT2D eigenvalue weighted by Gasteiger charge is 2.36. The smallest absolute Gasteiger partial charge is 0.191 e. The Bertz CT molecular complexity index is 177. The molecule has 0 rings (SSSR count). The van der Waals surface area contributed by atoms with Gasteiger partial charge in [0.15, 0.2) is 8.32 Å². The molecule has 0 fully saturated rings. The number of hydrogen-bond acceptors (Lipinski definition) is 1. The second-order valence-corrected chi connectivity index (χ2v) is 10.1. The molecule has 0 saturated carbocycles. The Morgan fingerprint density at radius 1 is 1.21 bits per heavy atom. The van der Waals surface area contributed by atoms with Crippen LogP contribution in [0.3, 0.4) is 0 Å². The first-order valence-corrected chi connectivity index (χ1v) is 8.47. The quantitative estimate of drug-likeness (QED) is 0.375. The summed E-state index contributed by atoms with van der Waals surface area (Å²) in [5.41, 5.74) is 0. The summed E-state index contributed by atoms with van der Waals surface area (Å²) in [4.78, 5) is 0. The van der Waals surface area contributed by atoms with E-state index in [-0.39, 0.29) is 0 Å². The molecule has 0 spiro atoms. The van der Waals surface area contributed by atoms with E-state index in [4.69, 9.17) is 4.43 Å². The fraction of sp³-hybridized carbons (Fsp3) is 0.833. The van der Waals surface area contributed by atoms with E-state index in [1.54, 1.807) is 0 Å². The monoisotopic (exact) mass is 214 g/mol. The molecule has 0 heterocycles. The van der Waals surface area contributed by atoms with E-state index in [1.807, 2.05) is 0 Å². The maximum absolute atomic E-state index is 6.05. The van der Waals surface area contributed by atoms with Gasteiger partial charge in [0, 0.05) is 6.61 Å². The Morgan fingerprint density at radius 3 is 2.21 bits per heavy atom. The molecule has 14 heavy (non-hydrogen) atoms. The Hall–Kier alpha value is -0.0831. The molecule has 0 aromatic carbocycles. The third kappa shape index (κ3) is 4.96. The normalized spacial score (nSPS) is 13.9. The first-order chi connectivity index (χ1) is 6.31. The van der Waals surface area contributed by atoms with E-state index >= 15 is 0 Å². The summed E-state index contributed by atoms with van der Waals surface area (Å²) in [5, 5.41) is 0.341. The van der Waals surface area contributed by atoms with Crippen LogP contribution in [0.1, 0.15) is 40.5 Å². The van der Waals surface area contributed by atoms with Gasteiger partial charge in [-0.3, -0.25) is 0 Å². The Kier molecular flexibility index (Phi) is 5.68. The summed E-state index contributed by atoms with van der Waals surface area (Å²) in [5.74, 6) is 0. The van der Waals surface area contributed by atoms with E-state index in [9.17, 15) is 0 Å². The molecule has 0 unspecified atom stereocenters. The summed E-state index contributed by atoms with van der Waals surface area (Å²) in [6.45, 7) is 14.4. The summed E-state index contributed by atoms with van der Waals surface area (Å²) in [6, 6.07) is 0. The Morgan fingerprint density at radius 2 is 1.79 bits per heavy atom. The predicted molar refractivity (Wildman–Crippen MR) is 67.2 cm³/mol. The molecule has 0 aliphatic heterocycles. The van der Waals surface area contributed by atoms with Crippen molar-refractivity contribution in [3.05, 3.63) is 12.2 Å². The van der Waals surface area contributed by atoms with Crippen molar-refractivity contribution in [2.24, 2.45) is 0 Å². The van der Waals surface area contributed by atoms with Crippen LogP contribution < -0.4 is 0 Å². The van der Waals surface area contributed by atoms with Crippen LogP contribution in [-0.2, 0) is 4.43 Å². The van der Waals surface area contributed by atoms with Gasteiger partial charge in [-0.25, -0.2) is 0 Å². The van der Waals surface area contributed by atoms with Crippen molar-refractivity contribution in [2.45, 2.75) is 58.7 Å². The molecule has 0 aliphatic rings. The highest BCUT2D eigenvalue weighted by atomic mass is 28.4. The minimum atomic E-state index is -1.49. The molecule has 0 amide bonds. The molecule has 0 aliphatic carbocycles. The first-order valence-electron chi connectivity index (χ1n) is 5.56. The Labute approximate surface area is 90.7 Å². The molecule has 0 aromatic heterocycles. The second kappa shape index (κ2) is 5.71. The molecule has 1 nitrogen and oxygen atoms in total. The SMILES string of the molecule is C/C=C\CCCO[Si](C)(C)C(C)(C)C. The summed E-state index contributed by atoms with van der Waals surface area (Å²) < 4.78 is 6.05. The van der Waals surface area contributed by atoms with Crippen LogP contribution >= 0.6 is 0 Å². The molecule has 84 valence electrons. The van der Waals surface area contributed by atoms with Crippen molar-refractivity contribution < 1.29 is 4.43 Å². The van der Waals surface area contributed by atoms with Crippen molar-refractivity contribution in [3.63, 3.8) is 0 Å². The summed E-state index contributed by atoms with van der Waals surface area (Å²) >= 11 is 0. The zero-order valence-corrected chi connectivity index (χ0v) is 11.7. The van der Waals surface area contributed by atoms with Crippen LogP contribution in [0, 0.1) is 0 Å². The molecule has 0 atom stereocenters. The van der Waals surface area contributed by atoms with Crippen molar-refractivity contribution in [1.29, 1.82) is 0 Å². The van der Waals surface area contributed by atoms with Gasteiger partial charge in [0.25, 0.3) is 0 Å². The van der Waals surface area contributed by atoms with Gasteiger partial charge in [-0.2, -0.15) is 0 Å². The van der Waals surface area contributed by atoms with Crippen molar-refractivity contribution in [1.82, 2.24) is 0 Å².